The number of hydrazone groups is 1. The van der Waals surface area contributed by atoms with Gasteiger partial charge in [0.05, 0.1) is 16.2 Å². The molecule has 0 atom stereocenters. The van der Waals surface area contributed by atoms with Gasteiger partial charge in [0.2, 0.25) is 0 Å². The van der Waals surface area contributed by atoms with E-state index in [4.69, 9.17) is 27.9 Å². The molecule has 0 fully saturated rings. The lowest BCUT2D eigenvalue weighted by Crippen LogP contribution is -2.20. The first-order chi connectivity index (χ1) is 15.8. The Bertz CT molecular complexity index is 1220. The number of carbonyl (C=O) groups excluding carboxylic acids is 2. The Labute approximate surface area is 198 Å². The van der Waals surface area contributed by atoms with Gasteiger partial charge >= 0.3 is 0 Å². The number of non-ortho nitro benzene ring substituents is 1. The first-order valence-corrected chi connectivity index (χ1v) is 10.1. The van der Waals surface area contributed by atoms with Crippen LogP contribution in [0.15, 0.2) is 71.8 Å². The fourth-order valence-electron chi connectivity index (χ4n) is 2.58. The summed E-state index contributed by atoms with van der Waals surface area (Å²) in [5.74, 6) is -0.684. The molecule has 0 aliphatic heterocycles. The van der Waals surface area contributed by atoms with E-state index in [0.717, 1.165) is 6.07 Å². The van der Waals surface area contributed by atoms with Gasteiger partial charge in [-0.3, -0.25) is 19.7 Å². The standard InChI is InChI=1S/C22H16Cl2N4O5/c23-16-5-7-17(8-6-16)26-21(29)13-33-20-9-4-14(10-19(20)24)12-25-27-22(30)15-2-1-3-18(11-15)28(31)32/h1-12H,13H2,(H,26,29)(H,27,30)/b25-12+. The van der Waals surface area contributed by atoms with Crippen LogP contribution in [0.4, 0.5) is 11.4 Å². The molecule has 168 valence electrons. The third kappa shape index (κ3) is 7.03. The quantitative estimate of drug-likeness (QED) is 0.271. The third-order valence-corrected chi connectivity index (χ3v) is 4.69. The van der Waals surface area contributed by atoms with Crippen LogP contribution in [0.5, 0.6) is 5.75 Å². The molecule has 11 heteroatoms. The van der Waals surface area contributed by atoms with Crippen molar-refractivity contribution in [3.8, 4) is 5.75 Å². The van der Waals surface area contributed by atoms with Crippen molar-refractivity contribution >= 4 is 52.6 Å². The van der Waals surface area contributed by atoms with Crippen molar-refractivity contribution in [1.29, 1.82) is 0 Å². The summed E-state index contributed by atoms with van der Waals surface area (Å²) in [7, 11) is 0. The number of ether oxygens (including phenoxy) is 1. The number of rotatable bonds is 8. The highest BCUT2D eigenvalue weighted by Gasteiger charge is 2.11. The molecule has 0 aliphatic carbocycles. The van der Waals surface area contributed by atoms with Gasteiger partial charge < -0.3 is 10.1 Å². The Morgan fingerprint density at radius 3 is 2.52 bits per heavy atom. The lowest BCUT2D eigenvalue weighted by atomic mass is 10.2. The van der Waals surface area contributed by atoms with E-state index in [9.17, 15) is 19.7 Å². The highest BCUT2D eigenvalue weighted by atomic mass is 35.5. The Balaban J connectivity index is 1.53. The minimum atomic E-state index is -0.604. The van der Waals surface area contributed by atoms with E-state index in [1.165, 1.54) is 30.5 Å². The SMILES string of the molecule is O=C(COc1ccc(/C=N/NC(=O)c2cccc([N+](=O)[O-])c2)cc1Cl)Nc1ccc(Cl)cc1. The van der Waals surface area contributed by atoms with Crippen LogP contribution in [-0.4, -0.2) is 29.6 Å². The van der Waals surface area contributed by atoms with E-state index in [2.05, 4.69) is 15.8 Å². The van der Waals surface area contributed by atoms with Gasteiger partial charge in [-0.2, -0.15) is 5.10 Å². The van der Waals surface area contributed by atoms with Crippen LogP contribution >= 0.6 is 23.2 Å². The zero-order valence-electron chi connectivity index (χ0n) is 16.8. The molecule has 2 N–H and O–H groups in total. The predicted octanol–water partition coefficient (Wildman–Crippen LogP) is 4.68. The maximum Gasteiger partial charge on any atom is 0.271 e. The summed E-state index contributed by atoms with van der Waals surface area (Å²) in [6, 6.07) is 16.6. The van der Waals surface area contributed by atoms with Crippen molar-refractivity contribution in [3.63, 3.8) is 0 Å². The van der Waals surface area contributed by atoms with Crippen molar-refractivity contribution < 1.29 is 19.2 Å². The molecule has 0 saturated carbocycles. The number of hydrogen-bond donors (Lipinski definition) is 2. The number of anilines is 1. The maximum absolute atomic E-state index is 12.1. The van der Waals surface area contributed by atoms with Gasteiger partial charge in [0.15, 0.2) is 6.61 Å². The Hall–Kier alpha value is -3.95. The summed E-state index contributed by atoms with van der Waals surface area (Å²) in [6.07, 6.45) is 1.35. The van der Waals surface area contributed by atoms with Gasteiger partial charge in [0.25, 0.3) is 17.5 Å². The number of hydrogen-bond acceptors (Lipinski definition) is 6. The summed E-state index contributed by atoms with van der Waals surface area (Å²) in [5.41, 5.74) is 3.32. The van der Waals surface area contributed by atoms with E-state index < -0.39 is 10.8 Å². The number of amides is 2. The van der Waals surface area contributed by atoms with E-state index >= 15 is 0 Å². The molecule has 0 unspecified atom stereocenters. The smallest absolute Gasteiger partial charge is 0.271 e. The van der Waals surface area contributed by atoms with Crippen molar-refractivity contribution in [2.75, 3.05) is 11.9 Å². The molecule has 0 aromatic heterocycles. The molecule has 0 heterocycles. The summed E-state index contributed by atoms with van der Waals surface area (Å²) < 4.78 is 5.44. The van der Waals surface area contributed by atoms with Crippen LogP contribution in [0.1, 0.15) is 15.9 Å². The Morgan fingerprint density at radius 1 is 1.06 bits per heavy atom. The van der Waals surface area contributed by atoms with Crippen molar-refractivity contribution in [1.82, 2.24) is 5.43 Å². The largest absolute Gasteiger partial charge is 0.482 e. The molecule has 0 aliphatic rings. The number of nitrogens with one attached hydrogen (secondary N) is 2. The Morgan fingerprint density at radius 2 is 1.82 bits per heavy atom. The predicted molar refractivity (Wildman–Crippen MR) is 125 cm³/mol. The second-order valence-corrected chi connectivity index (χ2v) is 7.38. The lowest BCUT2D eigenvalue weighted by Gasteiger charge is -2.09. The van der Waals surface area contributed by atoms with E-state index in [-0.39, 0.29) is 28.8 Å². The summed E-state index contributed by atoms with van der Waals surface area (Å²) in [5, 5.41) is 18.1. The van der Waals surface area contributed by atoms with Crippen LogP contribution in [0.25, 0.3) is 0 Å². The summed E-state index contributed by atoms with van der Waals surface area (Å²) >= 11 is 12.0. The van der Waals surface area contributed by atoms with Crippen molar-refractivity contribution in [3.05, 3.63) is 98.0 Å². The topological polar surface area (TPSA) is 123 Å². The number of nitrogens with zero attached hydrogens (tertiary/aromatic N) is 2. The first-order valence-electron chi connectivity index (χ1n) is 9.37. The Kier molecular flexibility index (Phi) is 7.96. The van der Waals surface area contributed by atoms with E-state index in [1.807, 2.05) is 0 Å². The molecule has 3 aromatic carbocycles. The number of carbonyl (C=O) groups is 2. The number of nitro benzene ring substituents is 1. The number of halogens is 2. The minimum Gasteiger partial charge on any atom is -0.482 e. The van der Waals surface area contributed by atoms with Crippen LogP contribution in [-0.2, 0) is 4.79 Å². The van der Waals surface area contributed by atoms with Gasteiger partial charge in [-0.15, -0.1) is 0 Å². The van der Waals surface area contributed by atoms with Crippen LogP contribution in [0.2, 0.25) is 10.0 Å². The maximum atomic E-state index is 12.1. The third-order valence-electron chi connectivity index (χ3n) is 4.14. The highest BCUT2D eigenvalue weighted by molar-refractivity contribution is 6.32. The van der Waals surface area contributed by atoms with Crippen LogP contribution < -0.4 is 15.5 Å². The fraction of sp³-hybridized carbons (Fsp3) is 0.0455. The molecule has 0 bridgehead atoms. The van der Waals surface area contributed by atoms with Gasteiger partial charge in [-0.25, -0.2) is 5.43 Å². The molecular weight excluding hydrogens is 471 g/mol. The van der Waals surface area contributed by atoms with Crippen molar-refractivity contribution in [2.45, 2.75) is 0 Å². The van der Waals surface area contributed by atoms with E-state index in [0.29, 0.717) is 22.0 Å². The summed E-state index contributed by atoms with van der Waals surface area (Å²) in [6.45, 7) is -0.255. The zero-order valence-corrected chi connectivity index (χ0v) is 18.3. The number of nitro groups is 1. The molecule has 9 nitrogen and oxygen atoms in total. The normalized spacial score (nSPS) is 10.6. The van der Waals surface area contributed by atoms with Crippen LogP contribution in [0.3, 0.4) is 0 Å². The molecule has 0 radical (unpaired) electrons. The van der Waals surface area contributed by atoms with Gasteiger partial charge in [0.1, 0.15) is 5.75 Å². The van der Waals surface area contributed by atoms with Gasteiger partial charge in [-0.05, 0) is 54.1 Å². The second kappa shape index (κ2) is 11.1. The fourth-order valence-corrected chi connectivity index (χ4v) is 2.95. The van der Waals surface area contributed by atoms with Crippen LogP contribution in [0, 0.1) is 10.1 Å². The molecule has 0 saturated heterocycles. The molecule has 2 amide bonds. The first kappa shape index (κ1) is 23.7. The minimum absolute atomic E-state index is 0.0972. The number of benzene rings is 3. The average Bonchev–Trinajstić information content (AvgIpc) is 2.80. The average molecular weight is 487 g/mol. The molecule has 3 rings (SSSR count). The molecular formula is C22H16Cl2N4O5. The highest BCUT2D eigenvalue weighted by Crippen LogP contribution is 2.25. The van der Waals surface area contributed by atoms with Crippen molar-refractivity contribution in [2.24, 2.45) is 5.10 Å². The summed E-state index contributed by atoms with van der Waals surface area (Å²) in [4.78, 5) is 34.3. The van der Waals surface area contributed by atoms with Gasteiger partial charge in [0, 0.05) is 28.4 Å². The molecule has 33 heavy (non-hydrogen) atoms. The molecule has 3 aromatic rings. The lowest BCUT2D eigenvalue weighted by molar-refractivity contribution is -0.384. The second-order valence-electron chi connectivity index (χ2n) is 6.54. The van der Waals surface area contributed by atoms with Gasteiger partial charge in [-0.1, -0.05) is 29.3 Å². The molecule has 0 spiro atoms. The van der Waals surface area contributed by atoms with E-state index in [1.54, 1.807) is 36.4 Å². The monoisotopic (exact) mass is 486 g/mol. The zero-order chi connectivity index (χ0) is 23.8.